The fourth-order valence-electron chi connectivity index (χ4n) is 2.96. The molecular formula is C10H17NO2. The van der Waals surface area contributed by atoms with Gasteiger partial charge in [0.15, 0.2) is 0 Å². The molecule has 3 heteroatoms. The second-order valence-corrected chi connectivity index (χ2v) is 5.45. The van der Waals surface area contributed by atoms with E-state index >= 15 is 0 Å². The maximum Gasteiger partial charge on any atom is 0.407 e. The summed E-state index contributed by atoms with van der Waals surface area (Å²) in [6.45, 7) is 7.19. The van der Waals surface area contributed by atoms with E-state index in [2.05, 4.69) is 20.8 Å². The van der Waals surface area contributed by atoms with Crippen LogP contribution in [0.4, 0.5) is 4.79 Å². The van der Waals surface area contributed by atoms with Crippen LogP contribution in [-0.2, 0) is 0 Å². The third kappa shape index (κ3) is 0.930. The van der Waals surface area contributed by atoms with Crippen LogP contribution in [0, 0.1) is 11.3 Å². The molecule has 0 unspecified atom stereocenters. The minimum atomic E-state index is -0.741. The third-order valence-corrected chi connectivity index (χ3v) is 3.84. The fourth-order valence-corrected chi connectivity index (χ4v) is 2.96. The summed E-state index contributed by atoms with van der Waals surface area (Å²) in [6.07, 6.45) is 1.40. The van der Waals surface area contributed by atoms with E-state index in [9.17, 15) is 4.79 Å². The van der Waals surface area contributed by atoms with E-state index in [1.807, 2.05) is 0 Å². The highest BCUT2D eigenvalue weighted by molar-refractivity contribution is 5.68. The summed E-state index contributed by atoms with van der Waals surface area (Å²) in [6, 6.07) is 0. The summed E-state index contributed by atoms with van der Waals surface area (Å²) in [5, 5.41) is 9.06. The molecule has 74 valence electrons. The zero-order valence-corrected chi connectivity index (χ0v) is 8.50. The van der Waals surface area contributed by atoms with Crippen LogP contribution >= 0.6 is 0 Å². The van der Waals surface area contributed by atoms with Crippen molar-refractivity contribution in [1.29, 1.82) is 0 Å². The smallest absolute Gasteiger partial charge is 0.407 e. The molecule has 0 spiro atoms. The Kier molecular flexibility index (Phi) is 1.49. The summed E-state index contributed by atoms with van der Waals surface area (Å²) in [4.78, 5) is 12.7. The average molecular weight is 183 g/mol. The average Bonchev–Trinajstić information content (AvgIpc) is 2.33. The molecule has 1 N–H and O–H groups in total. The highest BCUT2D eigenvalue weighted by Crippen LogP contribution is 2.58. The maximum absolute atomic E-state index is 11.0. The van der Waals surface area contributed by atoms with Crippen molar-refractivity contribution in [2.24, 2.45) is 11.3 Å². The summed E-state index contributed by atoms with van der Waals surface area (Å²) in [5.74, 6) is 0.635. The van der Waals surface area contributed by atoms with Crippen LogP contribution in [0.25, 0.3) is 0 Å². The SMILES string of the molecule is CC(C)(C)C12CC(CN1C(=O)O)C2. The van der Waals surface area contributed by atoms with Gasteiger partial charge in [0.1, 0.15) is 0 Å². The number of rotatable bonds is 0. The second-order valence-electron chi connectivity index (χ2n) is 5.45. The molecule has 1 saturated carbocycles. The van der Waals surface area contributed by atoms with Gasteiger partial charge in [0.25, 0.3) is 0 Å². The van der Waals surface area contributed by atoms with Gasteiger partial charge >= 0.3 is 6.09 Å². The lowest BCUT2D eigenvalue weighted by atomic mass is 9.60. The zero-order chi connectivity index (χ0) is 9.85. The van der Waals surface area contributed by atoms with Crippen molar-refractivity contribution in [2.45, 2.75) is 39.2 Å². The van der Waals surface area contributed by atoms with Gasteiger partial charge in [-0.05, 0) is 24.2 Å². The van der Waals surface area contributed by atoms with Gasteiger partial charge in [-0.3, -0.25) is 0 Å². The molecule has 3 rings (SSSR count). The van der Waals surface area contributed by atoms with Gasteiger partial charge in [0.05, 0.1) is 5.54 Å². The molecule has 2 aliphatic heterocycles. The van der Waals surface area contributed by atoms with Gasteiger partial charge in [0, 0.05) is 6.54 Å². The van der Waals surface area contributed by atoms with Crippen LogP contribution in [0.1, 0.15) is 33.6 Å². The van der Waals surface area contributed by atoms with E-state index < -0.39 is 6.09 Å². The summed E-state index contributed by atoms with van der Waals surface area (Å²) >= 11 is 0. The largest absolute Gasteiger partial charge is 0.465 e. The molecule has 0 aromatic rings. The number of carboxylic acid groups (broad SMARTS) is 1. The maximum atomic E-state index is 11.0. The number of fused-ring (bicyclic) bond motifs is 1. The first-order valence-electron chi connectivity index (χ1n) is 4.87. The molecular weight excluding hydrogens is 166 g/mol. The Morgan fingerprint density at radius 3 is 2.31 bits per heavy atom. The lowest BCUT2D eigenvalue weighted by molar-refractivity contribution is 0.00339. The molecule has 3 nitrogen and oxygen atoms in total. The van der Waals surface area contributed by atoms with Crippen molar-refractivity contribution in [2.75, 3.05) is 6.54 Å². The molecule has 0 aromatic heterocycles. The Labute approximate surface area is 78.7 Å². The first-order chi connectivity index (χ1) is 5.87. The topological polar surface area (TPSA) is 40.5 Å². The van der Waals surface area contributed by atoms with Crippen molar-refractivity contribution in [1.82, 2.24) is 4.90 Å². The van der Waals surface area contributed by atoms with Gasteiger partial charge in [-0.25, -0.2) is 4.79 Å². The molecule has 3 aliphatic rings. The van der Waals surface area contributed by atoms with Gasteiger partial charge in [-0.2, -0.15) is 0 Å². The Balaban J connectivity index is 2.29. The summed E-state index contributed by atoms with van der Waals surface area (Å²) < 4.78 is 0. The Morgan fingerprint density at radius 1 is 1.46 bits per heavy atom. The van der Waals surface area contributed by atoms with E-state index in [1.54, 1.807) is 4.90 Å². The fraction of sp³-hybridized carbons (Fsp3) is 0.900. The van der Waals surface area contributed by atoms with Gasteiger partial charge in [-0.1, -0.05) is 20.8 Å². The lowest BCUT2D eigenvalue weighted by Crippen LogP contribution is -2.56. The molecule has 1 aliphatic carbocycles. The van der Waals surface area contributed by atoms with Crippen molar-refractivity contribution in [3.8, 4) is 0 Å². The summed E-state index contributed by atoms with van der Waals surface area (Å²) in [5.41, 5.74) is 0.0297. The number of amides is 1. The minimum Gasteiger partial charge on any atom is -0.465 e. The van der Waals surface area contributed by atoms with E-state index in [1.165, 1.54) is 0 Å². The first kappa shape index (κ1) is 8.85. The van der Waals surface area contributed by atoms with Crippen molar-refractivity contribution in [3.63, 3.8) is 0 Å². The molecule has 13 heavy (non-hydrogen) atoms. The Morgan fingerprint density at radius 2 is 2.00 bits per heavy atom. The minimum absolute atomic E-state index is 0.0521. The number of nitrogens with zero attached hydrogens (tertiary/aromatic N) is 1. The molecule has 2 saturated heterocycles. The van der Waals surface area contributed by atoms with Crippen molar-refractivity contribution >= 4 is 6.09 Å². The van der Waals surface area contributed by atoms with E-state index in [4.69, 9.17) is 5.11 Å². The monoisotopic (exact) mass is 183 g/mol. The molecule has 0 aromatic carbocycles. The van der Waals surface area contributed by atoms with Gasteiger partial charge in [-0.15, -0.1) is 0 Å². The lowest BCUT2D eigenvalue weighted by Gasteiger charge is -2.51. The standard InChI is InChI=1S/C10H17NO2/c1-9(2,3)10-4-7(5-10)6-11(10)8(12)13/h7H,4-6H2,1-3H3,(H,12,13). The molecule has 0 atom stereocenters. The van der Waals surface area contributed by atoms with E-state index in [-0.39, 0.29) is 11.0 Å². The second kappa shape index (κ2) is 2.20. The van der Waals surface area contributed by atoms with Crippen LogP contribution < -0.4 is 0 Å². The summed E-state index contributed by atoms with van der Waals surface area (Å²) in [7, 11) is 0. The van der Waals surface area contributed by atoms with Gasteiger partial charge < -0.3 is 10.0 Å². The molecule has 2 heterocycles. The van der Waals surface area contributed by atoms with Crippen LogP contribution in [0.15, 0.2) is 0 Å². The van der Waals surface area contributed by atoms with Crippen LogP contribution in [0.3, 0.4) is 0 Å². The highest BCUT2D eigenvalue weighted by atomic mass is 16.4. The molecule has 0 radical (unpaired) electrons. The Hall–Kier alpha value is -0.730. The van der Waals surface area contributed by atoms with Gasteiger partial charge in [0.2, 0.25) is 0 Å². The third-order valence-electron chi connectivity index (χ3n) is 3.84. The Bertz CT molecular complexity index is 248. The van der Waals surface area contributed by atoms with Crippen LogP contribution in [0.2, 0.25) is 0 Å². The normalized spacial score (nSPS) is 37.5. The molecule has 3 fully saturated rings. The quantitative estimate of drug-likeness (QED) is 0.625. The highest BCUT2D eigenvalue weighted by Gasteiger charge is 2.63. The van der Waals surface area contributed by atoms with E-state index in [0.717, 1.165) is 19.4 Å². The predicted octanol–water partition coefficient (Wildman–Crippen LogP) is 2.17. The number of carbonyl (C=O) groups is 1. The van der Waals surface area contributed by atoms with Crippen LogP contribution in [-0.4, -0.2) is 28.2 Å². The number of hydrogen-bond donors (Lipinski definition) is 1. The molecule has 1 amide bonds. The number of hydrogen-bond acceptors (Lipinski definition) is 1. The van der Waals surface area contributed by atoms with E-state index in [0.29, 0.717) is 5.92 Å². The van der Waals surface area contributed by atoms with Crippen molar-refractivity contribution in [3.05, 3.63) is 0 Å². The predicted molar refractivity (Wildman–Crippen MR) is 49.6 cm³/mol. The zero-order valence-electron chi connectivity index (χ0n) is 8.50. The molecule has 2 bridgehead atoms. The van der Waals surface area contributed by atoms with Crippen molar-refractivity contribution < 1.29 is 9.90 Å². The first-order valence-corrected chi connectivity index (χ1v) is 4.87. The van der Waals surface area contributed by atoms with Crippen LogP contribution in [0.5, 0.6) is 0 Å².